The molecule has 0 aliphatic carbocycles. The van der Waals surface area contributed by atoms with Crippen LogP contribution in [0.2, 0.25) is 0 Å². The third-order valence-electron chi connectivity index (χ3n) is 3.93. The zero-order chi connectivity index (χ0) is 15.5. The Morgan fingerprint density at radius 2 is 2.14 bits per heavy atom. The van der Waals surface area contributed by atoms with Crippen molar-refractivity contribution in [2.45, 2.75) is 32.1 Å². The van der Waals surface area contributed by atoms with Crippen LogP contribution < -0.4 is 10.5 Å². The molecule has 112 valence electrons. The topological polar surface area (TPSA) is 87.7 Å². The lowest BCUT2D eigenvalue weighted by Gasteiger charge is -2.24. The fraction of sp³-hybridized carbons (Fsp3) is 0.294. The van der Waals surface area contributed by atoms with Gasteiger partial charge in [-0.15, -0.1) is 5.10 Å². The van der Waals surface area contributed by atoms with Gasteiger partial charge in [-0.2, -0.15) is 5.26 Å². The van der Waals surface area contributed by atoms with Crippen molar-refractivity contribution >= 4 is 0 Å². The van der Waals surface area contributed by atoms with E-state index in [-0.39, 0.29) is 11.8 Å². The molecule has 0 spiro atoms. The summed E-state index contributed by atoms with van der Waals surface area (Å²) in [6.45, 7) is 2.15. The molecule has 0 saturated heterocycles. The van der Waals surface area contributed by atoms with Crippen molar-refractivity contribution in [2.24, 2.45) is 5.73 Å². The van der Waals surface area contributed by atoms with Gasteiger partial charge < -0.3 is 10.5 Å². The van der Waals surface area contributed by atoms with Crippen LogP contribution in [0.1, 0.15) is 42.5 Å². The number of rotatable bonds is 4. The van der Waals surface area contributed by atoms with Gasteiger partial charge in [0.05, 0.1) is 5.92 Å². The van der Waals surface area contributed by atoms with E-state index in [1.165, 1.54) is 0 Å². The minimum atomic E-state index is -0.222. The number of aromatic amines is 1. The van der Waals surface area contributed by atoms with Gasteiger partial charge in [-0.05, 0) is 18.4 Å². The zero-order valence-electron chi connectivity index (χ0n) is 12.5. The number of nitrogens with zero attached hydrogens (tertiary/aromatic N) is 2. The predicted octanol–water partition coefficient (Wildman–Crippen LogP) is 2.97. The maximum absolute atomic E-state index is 9.52. The van der Waals surface area contributed by atoms with E-state index in [1.54, 1.807) is 0 Å². The van der Waals surface area contributed by atoms with Crippen molar-refractivity contribution in [1.82, 2.24) is 10.2 Å². The van der Waals surface area contributed by atoms with E-state index >= 15 is 0 Å². The molecule has 1 aromatic heterocycles. The van der Waals surface area contributed by atoms with Crippen LogP contribution in [0.5, 0.6) is 5.88 Å². The Morgan fingerprint density at radius 1 is 1.36 bits per heavy atom. The molecule has 5 nitrogen and oxygen atoms in total. The third kappa shape index (κ3) is 2.33. The Hall–Kier alpha value is -2.74. The van der Waals surface area contributed by atoms with Crippen LogP contribution in [0.15, 0.2) is 41.8 Å². The van der Waals surface area contributed by atoms with E-state index in [4.69, 9.17) is 10.5 Å². The van der Waals surface area contributed by atoms with E-state index in [0.29, 0.717) is 11.5 Å². The molecule has 0 radical (unpaired) electrons. The van der Waals surface area contributed by atoms with Crippen molar-refractivity contribution < 1.29 is 4.74 Å². The van der Waals surface area contributed by atoms with Crippen LogP contribution in [0.4, 0.5) is 0 Å². The highest BCUT2D eigenvalue weighted by Gasteiger charge is 2.34. The van der Waals surface area contributed by atoms with E-state index < -0.39 is 0 Å². The number of nitriles is 1. The van der Waals surface area contributed by atoms with Crippen LogP contribution in [0, 0.1) is 11.3 Å². The number of unbranched alkanes of at least 4 members (excludes halogenated alkanes) is 1. The Balaban J connectivity index is 2.13. The molecule has 1 atom stereocenters. The molecule has 2 aromatic rings. The molecule has 3 N–H and O–H groups in total. The van der Waals surface area contributed by atoms with Crippen LogP contribution in [-0.2, 0) is 6.42 Å². The summed E-state index contributed by atoms with van der Waals surface area (Å²) in [6, 6.07) is 12.1. The number of benzene rings is 1. The summed E-state index contributed by atoms with van der Waals surface area (Å²) in [4.78, 5) is 0. The molecule has 2 heterocycles. The van der Waals surface area contributed by atoms with Crippen LogP contribution in [0.3, 0.4) is 0 Å². The van der Waals surface area contributed by atoms with Gasteiger partial charge in [0.2, 0.25) is 11.8 Å². The van der Waals surface area contributed by atoms with Crippen LogP contribution in [0.25, 0.3) is 0 Å². The Labute approximate surface area is 129 Å². The number of nitrogens with two attached hydrogens (primary N) is 1. The molecule has 1 aliphatic heterocycles. The number of allylic oxidation sites excluding steroid dienone is 1. The number of fused-ring (bicyclic) bond motifs is 1. The number of aryl methyl sites for hydroxylation is 1. The van der Waals surface area contributed by atoms with E-state index in [0.717, 1.165) is 36.1 Å². The second-order valence-electron chi connectivity index (χ2n) is 5.36. The normalized spacial score (nSPS) is 16.8. The summed E-state index contributed by atoms with van der Waals surface area (Å²) in [5.41, 5.74) is 9.34. The van der Waals surface area contributed by atoms with Crippen molar-refractivity contribution in [3.63, 3.8) is 0 Å². The Kier molecular flexibility index (Phi) is 3.84. The van der Waals surface area contributed by atoms with Gasteiger partial charge in [0, 0.05) is 11.3 Å². The van der Waals surface area contributed by atoms with Gasteiger partial charge in [0.15, 0.2) is 0 Å². The van der Waals surface area contributed by atoms with Gasteiger partial charge >= 0.3 is 0 Å². The highest BCUT2D eigenvalue weighted by molar-refractivity contribution is 5.55. The lowest BCUT2D eigenvalue weighted by atomic mass is 9.83. The zero-order valence-corrected chi connectivity index (χ0v) is 12.5. The van der Waals surface area contributed by atoms with Gasteiger partial charge in [0.25, 0.3) is 0 Å². The molecule has 1 aromatic carbocycles. The van der Waals surface area contributed by atoms with E-state index in [2.05, 4.69) is 23.2 Å². The summed E-state index contributed by atoms with van der Waals surface area (Å²) in [5.74, 6) is 0.398. The van der Waals surface area contributed by atoms with Crippen molar-refractivity contribution in [3.05, 3.63) is 58.6 Å². The molecule has 0 saturated carbocycles. The Morgan fingerprint density at radius 3 is 2.82 bits per heavy atom. The number of nitrogens with one attached hydrogen (secondary N) is 1. The van der Waals surface area contributed by atoms with Gasteiger partial charge in [0.1, 0.15) is 11.6 Å². The minimum absolute atomic E-state index is 0.136. The summed E-state index contributed by atoms with van der Waals surface area (Å²) in [7, 11) is 0. The number of hydrogen-bond acceptors (Lipinski definition) is 4. The minimum Gasteiger partial charge on any atom is -0.420 e. The quantitative estimate of drug-likeness (QED) is 0.907. The second kappa shape index (κ2) is 5.94. The summed E-state index contributed by atoms with van der Waals surface area (Å²) in [6.07, 6.45) is 3.02. The molecule has 0 fully saturated rings. The average Bonchev–Trinajstić information content (AvgIpc) is 2.94. The van der Waals surface area contributed by atoms with E-state index in [1.807, 2.05) is 30.3 Å². The lowest BCUT2D eigenvalue weighted by molar-refractivity contribution is 0.378. The monoisotopic (exact) mass is 294 g/mol. The first kappa shape index (κ1) is 14.2. The predicted molar refractivity (Wildman–Crippen MR) is 82.9 cm³/mol. The third-order valence-corrected chi connectivity index (χ3v) is 3.93. The maximum Gasteiger partial charge on any atom is 0.244 e. The molecule has 1 aliphatic rings. The van der Waals surface area contributed by atoms with Crippen molar-refractivity contribution in [3.8, 4) is 11.9 Å². The number of aromatic nitrogens is 2. The molecular formula is C17H18N4O. The molecule has 22 heavy (non-hydrogen) atoms. The first-order chi connectivity index (χ1) is 10.8. The fourth-order valence-electron chi connectivity index (χ4n) is 2.83. The second-order valence-corrected chi connectivity index (χ2v) is 5.36. The lowest BCUT2D eigenvalue weighted by Crippen LogP contribution is -2.21. The molecule has 0 bridgehead atoms. The van der Waals surface area contributed by atoms with Gasteiger partial charge in [-0.3, -0.25) is 5.10 Å². The summed E-state index contributed by atoms with van der Waals surface area (Å²) < 4.78 is 5.54. The largest absolute Gasteiger partial charge is 0.420 e. The van der Waals surface area contributed by atoms with Crippen molar-refractivity contribution in [2.75, 3.05) is 0 Å². The highest BCUT2D eigenvalue weighted by Crippen LogP contribution is 2.42. The first-order valence-electron chi connectivity index (χ1n) is 7.46. The standard InChI is InChI=1S/C17H18N4O/c1-2-3-9-13-15-14(11-7-5-4-6-8-11)12(10-18)16(19)22-17(15)21-20-13/h4-8,14H,2-3,9,19H2,1H3,(H,20,21). The molecule has 5 heteroatoms. The fourth-order valence-corrected chi connectivity index (χ4v) is 2.83. The maximum atomic E-state index is 9.52. The molecule has 1 unspecified atom stereocenters. The highest BCUT2D eigenvalue weighted by atomic mass is 16.5. The van der Waals surface area contributed by atoms with Crippen LogP contribution >= 0.6 is 0 Å². The van der Waals surface area contributed by atoms with Gasteiger partial charge in [-0.25, -0.2) is 0 Å². The van der Waals surface area contributed by atoms with Crippen molar-refractivity contribution in [1.29, 1.82) is 5.26 Å². The van der Waals surface area contributed by atoms with Crippen LogP contribution in [-0.4, -0.2) is 10.2 Å². The average molecular weight is 294 g/mol. The van der Waals surface area contributed by atoms with Gasteiger partial charge in [-0.1, -0.05) is 43.7 Å². The molecular weight excluding hydrogens is 276 g/mol. The smallest absolute Gasteiger partial charge is 0.244 e. The summed E-state index contributed by atoms with van der Waals surface area (Å²) >= 11 is 0. The molecule has 3 rings (SSSR count). The Bertz CT molecular complexity index is 740. The number of H-pyrrole nitrogens is 1. The number of ether oxygens (including phenoxy) is 1. The summed E-state index contributed by atoms with van der Waals surface area (Å²) in [5, 5.41) is 16.8. The molecule has 0 amide bonds. The van der Waals surface area contributed by atoms with E-state index in [9.17, 15) is 5.26 Å². The number of hydrogen-bond donors (Lipinski definition) is 2. The first-order valence-corrected chi connectivity index (χ1v) is 7.46. The SMILES string of the molecule is CCCCc1[nH]nc2c1C(c1ccccc1)C(C#N)=C(N)O2.